The lowest BCUT2D eigenvalue weighted by Gasteiger charge is -2.22. The maximum Gasteiger partial charge on any atom is 0.243 e. The number of rotatable bonds is 10. The molecular formula is C24H28N6O6S. The second kappa shape index (κ2) is 10.6. The molecule has 1 aromatic carbocycles. The lowest BCUT2D eigenvalue weighted by molar-refractivity contribution is 0.0779. The van der Waals surface area contributed by atoms with E-state index in [1.165, 1.54) is 39.0 Å². The van der Waals surface area contributed by atoms with E-state index in [2.05, 4.69) is 24.9 Å². The third kappa shape index (κ3) is 5.13. The standard InChI is InChI=1S/C24H28N6O6S/c1-14-10-17(13-25-11-14)22-27-28-24(30(22)20-18(33-4)8-7-9-19(20)34-5)29-37(31,32)16(3)21(35-6)23-26-12-15(2)36-23/h7-13,16,21H,1-6H3,(H,28,29). The summed E-state index contributed by atoms with van der Waals surface area (Å²) in [7, 11) is 0.292. The van der Waals surface area contributed by atoms with Gasteiger partial charge >= 0.3 is 0 Å². The van der Waals surface area contributed by atoms with Gasteiger partial charge in [-0.15, -0.1) is 10.2 Å². The van der Waals surface area contributed by atoms with Gasteiger partial charge in [-0.2, -0.15) is 0 Å². The number of benzene rings is 1. The van der Waals surface area contributed by atoms with E-state index >= 15 is 0 Å². The number of aromatic nitrogens is 5. The first-order chi connectivity index (χ1) is 17.7. The lowest BCUT2D eigenvalue weighted by Crippen LogP contribution is -2.33. The van der Waals surface area contributed by atoms with E-state index in [0.717, 1.165) is 5.56 Å². The van der Waals surface area contributed by atoms with Crippen LogP contribution in [0.5, 0.6) is 11.5 Å². The quantitative estimate of drug-likeness (QED) is 0.325. The van der Waals surface area contributed by atoms with Gasteiger partial charge in [-0.1, -0.05) is 6.07 Å². The van der Waals surface area contributed by atoms with Gasteiger partial charge in [0.15, 0.2) is 11.9 Å². The van der Waals surface area contributed by atoms with E-state index in [1.54, 1.807) is 37.5 Å². The SMILES string of the molecule is COc1cccc(OC)c1-n1c(NS(=O)(=O)C(C)C(OC)c2ncc(C)o2)nnc1-c1cncc(C)c1. The molecule has 4 aromatic rings. The van der Waals surface area contributed by atoms with Gasteiger partial charge in [-0.05, 0) is 44.5 Å². The maximum atomic E-state index is 13.6. The highest BCUT2D eigenvalue weighted by atomic mass is 32.2. The molecule has 0 radical (unpaired) electrons. The molecular weight excluding hydrogens is 500 g/mol. The molecule has 196 valence electrons. The van der Waals surface area contributed by atoms with Crippen molar-refractivity contribution >= 4 is 16.0 Å². The minimum Gasteiger partial charge on any atom is -0.494 e. The van der Waals surface area contributed by atoms with Gasteiger partial charge in [0, 0.05) is 25.1 Å². The lowest BCUT2D eigenvalue weighted by atomic mass is 10.2. The molecule has 2 atom stereocenters. The van der Waals surface area contributed by atoms with Crippen molar-refractivity contribution in [1.29, 1.82) is 0 Å². The minimum absolute atomic E-state index is 0.0791. The number of aryl methyl sites for hydroxylation is 2. The Bertz CT molecular complexity index is 1480. The van der Waals surface area contributed by atoms with Gasteiger partial charge in [0.2, 0.25) is 21.9 Å². The molecule has 37 heavy (non-hydrogen) atoms. The van der Waals surface area contributed by atoms with Crippen LogP contribution >= 0.6 is 0 Å². The number of sulfonamides is 1. The summed E-state index contributed by atoms with van der Waals surface area (Å²) in [5.74, 6) is 1.77. The topological polar surface area (TPSA) is 143 Å². The molecule has 1 N–H and O–H groups in total. The second-order valence-electron chi connectivity index (χ2n) is 8.26. The summed E-state index contributed by atoms with van der Waals surface area (Å²) in [6, 6.07) is 7.07. The van der Waals surface area contributed by atoms with Crippen molar-refractivity contribution in [3.63, 3.8) is 0 Å². The van der Waals surface area contributed by atoms with Crippen LogP contribution in [0.3, 0.4) is 0 Å². The largest absolute Gasteiger partial charge is 0.494 e. The summed E-state index contributed by atoms with van der Waals surface area (Å²) in [5, 5.41) is 7.37. The third-order valence-corrected chi connectivity index (χ3v) is 7.40. The number of pyridine rings is 1. The first-order valence-corrected chi connectivity index (χ1v) is 12.8. The Morgan fingerprint density at radius 3 is 2.30 bits per heavy atom. The van der Waals surface area contributed by atoms with E-state index in [9.17, 15) is 8.42 Å². The van der Waals surface area contributed by atoms with Crippen LogP contribution in [0.1, 0.15) is 30.2 Å². The number of anilines is 1. The first-order valence-electron chi connectivity index (χ1n) is 11.3. The highest BCUT2D eigenvalue weighted by Gasteiger charge is 2.36. The molecule has 2 unspecified atom stereocenters. The summed E-state index contributed by atoms with van der Waals surface area (Å²) in [5.41, 5.74) is 1.91. The highest BCUT2D eigenvalue weighted by Crippen LogP contribution is 2.38. The molecule has 4 rings (SSSR count). The summed E-state index contributed by atoms with van der Waals surface area (Å²) < 4.78 is 53.3. The fourth-order valence-electron chi connectivity index (χ4n) is 3.86. The highest BCUT2D eigenvalue weighted by molar-refractivity contribution is 7.93. The Labute approximate surface area is 214 Å². The predicted molar refractivity (Wildman–Crippen MR) is 135 cm³/mol. The van der Waals surface area contributed by atoms with Gasteiger partial charge in [0.05, 0.1) is 20.4 Å². The maximum absolute atomic E-state index is 13.6. The molecule has 13 heteroatoms. The summed E-state index contributed by atoms with van der Waals surface area (Å²) in [6.45, 7) is 5.10. The van der Waals surface area contributed by atoms with E-state index in [4.69, 9.17) is 18.6 Å². The van der Waals surface area contributed by atoms with E-state index in [1.807, 2.05) is 13.0 Å². The Morgan fingerprint density at radius 2 is 1.73 bits per heavy atom. The van der Waals surface area contributed by atoms with Crippen molar-refractivity contribution in [1.82, 2.24) is 24.7 Å². The van der Waals surface area contributed by atoms with Crippen molar-refractivity contribution < 1.29 is 27.0 Å². The summed E-state index contributed by atoms with van der Waals surface area (Å²) >= 11 is 0. The number of oxazole rings is 1. The fourth-order valence-corrected chi connectivity index (χ4v) is 4.98. The summed E-state index contributed by atoms with van der Waals surface area (Å²) in [6.07, 6.45) is 3.85. The number of hydrogen-bond donors (Lipinski definition) is 1. The number of para-hydroxylation sites is 1. The number of nitrogens with one attached hydrogen (secondary N) is 1. The zero-order chi connectivity index (χ0) is 26.7. The fraction of sp³-hybridized carbons (Fsp3) is 0.333. The minimum atomic E-state index is -4.11. The van der Waals surface area contributed by atoms with Crippen molar-refractivity contribution in [2.75, 3.05) is 26.1 Å². The van der Waals surface area contributed by atoms with Crippen LogP contribution in [0.4, 0.5) is 5.95 Å². The summed E-state index contributed by atoms with van der Waals surface area (Å²) in [4.78, 5) is 8.38. The van der Waals surface area contributed by atoms with Gasteiger partial charge in [-0.3, -0.25) is 14.3 Å². The molecule has 12 nitrogen and oxygen atoms in total. The van der Waals surface area contributed by atoms with E-state index in [-0.39, 0.29) is 11.8 Å². The van der Waals surface area contributed by atoms with Gasteiger partial charge in [0.25, 0.3) is 0 Å². The molecule has 0 aliphatic rings. The van der Waals surface area contributed by atoms with Gasteiger partial charge < -0.3 is 18.6 Å². The van der Waals surface area contributed by atoms with Crippen LogP contribution in [-0.4, -0.2) is 59.7 Å². The van der Waals surface area contributed by atoms with Crippen molar-refractivity contribution in [3.8, 4) is 28.6 Å². The van der Waals surface area contributed by atoms with Crippen LogP contribution in [0.2, 0.25) is 0 Å². The Morgan fingerprint density at radius 1 is 1.03 bits per heavy atom. The smallest absolute Gasteiger partial charge is 0.243 e. The van der Waals surface area contributed by atoms with Crippen molar-refractivity contribution in [2.24, 2.45) is 0 Å². The second-order valence-corrected chi connectivity index (χ2v) is 10.3. The van der Waals surface area contributed by atoms with Crippen LogP contribution in [-0.2, 0) is 14.8 Å². The molecule has 0 bridgehead atoms. The third-order valence-electron chi connectivity index (χ3n) is 5.71. The Kier molecular flexibility index (Phi) is 7.45. The van der Waals surface area contributed by atoms with Crippen LogP contribution in [0, 0.1) is 13.8 Å². The zero-order valence-corrected chi connectivity index (χ0v) is 22.1. The normalized spacial score (nSPS) is 13.2. The number of nitrogens with zero attached hydrogens (tertiary/aromatic N) is 5. The van der Waals surface area contributed by atoms with Crippen LogP contribution < -0.4 is 14.2 Å². The Hall–Kier alpha value is -3.97. The van der Waals surface area contributed by atoms with E-state index < -0.39 is 21.4 Å². The molecule has 0 aliphatic carbocycles. The average molecular weight is 529 g/mol. The van der Waals surface area contributed by atoms with Crippen molar-refractivity contribution in [2.45, 2.75) is 32.1 Å². The monoisotopic (exact) mass is 528 g/mol. The average Bonchev–Trinajstić information content (AvgIpc) is 3.49. The van der Waals surface area contributed by atoms with Crippen LogP contribution in [0.15, 0.2) is 47.3 Å². The molecule has 0 saturated heterocycles. The molecule has 0 saturated carbocycles. The number of methoxy groups -OCH3 is 3. The van der Waals surface area contributed by atoms with Crippen LogP contribution in [0.25, 0.3) is 17.1 Å². The molecule has 3 heterocycles. The first kappa shape index (κ1) is 26.1. The Balaban J connectivity index is 1.86. The molecule has 3 aromatic heterocycles. The molecule has 0 aliphatic heterocycles. The van der Waals surface area contributed by atoms with Gasteiger partial charge in [-0.25, -0.2) is 13.4 Å². The molecule has 0 spiro atoms. The molecule has 0 fully saturated rings. The van der Waals surface area contributed by atoms with E-state index in [0.29, 0.717) is 34.3 Å². The number of hydrogen-bond acceptors (Lipinski definition) is 10. The molecule has 0 amide bonds. The van der Waals surface area contributed by atoms with Gasteiger partial charge in [0.1, 0.15) is 28.2 Å². The predicted octanol–water partition coefficient (Wildman–Crippen LogP) is 3.47. The van der Waals surface area contributed by atoms with Crippen molar-refractivity contribution in [3.05, 3.63) is 60.1 Å². The number of ether oxygens (including phenoxy) is 3. The zero-order valence-electron chi connectivity index (χ0n) is 21.3.